The maximum atomic E-state index is 12.8. The Hall–Kier alpha value is -2.56. The lowest BCUT2D eigenvalue weighted by atomic mass is 9.50. The average Bonchev–Trinajstić information content (AvgIpc) is 2.85. The van der Waals surface area contributed by atoms with E-state index < -0.39 is 62.7 Å². The number of rotatable bonds is 5. The fourth-order valence-electron chi connectivity index (χ4n) is 5.36. The molecule has 10 nitrogen and oxygen atoms in total. The monoisotopic (exact) mass is 502 g/mol. The number of fused-ring (bicyclic) bond motifs is 1. The first-order chi connectivity index (χ1) is 15.5. The maximum absolute atomic E-state index is 12.8. The van der Waals surface area contributed by atoms with Crippen LogP contribution in [0.3, 0.4) is 0 Å². The fraction of sp³-hybridized carbons (Fsp3) is 0.714. The molecule has 4 atom stereocenters. The van der Waals surface area contributed by atoms with Crippen molar-refractivity contribution in [3.8, 4) is 12.1 Å². The van der Waals surface area contributed by atoms with E-state index in [0.29, 0.717) is 0 Å². The molecule has 2 aliphatic carbocycles. The molecule has 0 heterocycles. The predicted octanol–water partition coefficient (Wildman–Crippen LogP) is 1.72. The lowest BCUT2D eigenvalue weighted by molar-refractivity contribution is -0.186. The van der Waals surface area contributed by atoms with Crippen molar-refractivity contribution in [1.82, 2.24) is 0 Å². The predicted molar refractivity (Wildman–Crippen MR) is 111 cm³/mol. The van der Waals surface area contributed by atoms with Gasteiger partial charge in [-0.25, -0.2) is 0 Å². The molecule has 0 aromatic carbocycles. The van der Waals surface area contributed by atoms with Gasteiger partial charge < -0.3 is 18.9 Å². The van der Waals surface area contributed by atoms with Crippen LogP contribution in [0.4, 0.5) is 0 Å². The zero-order valence-electron chi connectivity index (χ0n) is 18.6. The Morgan fingerprint density at radius 2 is 1.12 bits per heavy atom. The van der Waals surface area contributed by atoms with Gasteiger partial charge in [-0.2, -0.15) is 10.5 Å². The molecule has 0 saturated heterocycles. The molecule has 0 unspecified atom stereocenters. The average molecular weight is 503 g/mol. The van der Waals surface area contributed by atoms with E-state index in [1.54, 1.807) is 12.1 Å². The van der Waals surface area contributed by atoms with Crippen LogP contribution in [-0.4, -0.2) is 62.6 Å². The third kappa shape index (κ3) is 4.11. The van der Waals surface area contributed by atoms with Crippen LogP contribution in [-0.2, 0) is 38.1 Å². The lowest BCUT2D eigenvalue weighted by Crippen LogP contribution is -2.60. The van der Waals surface area contributed by atoms with Crippen molar-refractivity contribution in [3.63, 3.8) is 0 Å². The van der Waals surface area contributed by atoms with Crippen LogP contribution in [0.25, 0.3) is 0 Å². The SMILES string of the molecule is COC(=O)C1(C(=O)OC)C[C@H]2[C@@H](CC(C(=O)OC)(C(=O)OC)C[C@@H]2Cl)[C@H](C(Cl)(C#N)C#N)C1. The van der Waals surface area contributed by atoms with E-state index in [-0.39, 0.29) is 25.7 Å². The van der Waals surface area contributed by atoms with E-state index in [2.05, 4.69) is 0 Å². The molecule has 0 spiro atoms. The highest BCUT2D eigenvalue weighted by atomic mass is 35.5. The van der Waals surface area contributed by atoms with E-state index >= 15 is 0 Å². The Morgan fingerprint density at radius 3 is 1.48 bits per heavy atom. The molecule has 0 amide bonds. The van der Waals surface area contributed by atoms with E-state index in [1.807, 2.05) is 0 Å². The molecule has 12 heteroatoms. The zero-order chi connectivity index (χ0) is 25.2. The molecule has 0 radical (unpaired) electrons. The molecule has 2 fully saturated rings. The van der Waals surface area contributed by atoms with E-state index in [9.17, 15) is 29.7 Å². The second-order valence-corrected chi connectivity index (χ2v) is 9.49. The minimum Gasteiger partial charge on any atom is -0.468 e. The van der Waals surface area contributed by atoms with Crippen LogP contribution in [0.15, 0.2) is 0 Å². The van der Waals surface area contributed by atoms with Crippen molar-refractivity contribution in [3.05, 3.63) is 0 Å². The van der Waals surface area contributed by atoms with Gasteiger partial charge in [-0.1, -0.05) is 11.6 Å². The number of esters is 4. The Balaban J connectivity index is 2.75. The van der Waals surface area contributed by atoms with E-state index in [4.69, 9.17) is 42.1 Å². The minimum atomic E-state index is -2.21. The molecule has 2 saturated carbocycles. The summed E-state index contributed by atoms with van der Waals surface area (Å²) >= 11 is 13.1. The second kappa shape index (κ2) is 9.74. The van der Waals surface area contributed by atoms with Gasteiger partial charge in [0.05, 0.1) is 28.4 Å². The van der Waals surface area contributed by atoms with Crippen molar-refractivity contribution >= 4 is 47.1 Å². The topological polar surface area (TPSA) is 153 Å². The number of hydrogen-bond acceptors (Lipinski definition) is 10. The van der Waals surface area contributed by atoms with Crippen LogP contribution >= 0.6 is 23.2 Å². The van der Waals surface area contributed by atoms with E-state index in [1.165, 1.54) is 0 Å². The molecular weight excluding hydrogens is 479 g/mol. The maximum Gasteiger partial charge on any atom is 0.323 e. The van der Waals surface area contributed by atoms with Gasteiger partial charge in [0.2, 0.25) is 4.87 Å². The van der Waals surface area contributed by atoms with Crippen molar-refractivity contribution < 1.29 is 38.1 Å². The highest BCUT2D eigenvalue weighted by Crippen LogP contribution is 2.60. The first-order valence-corrected chi connectivity index (χ1v) is 10.8. The number of carbonyl (C=O) groups excluding carboxylic acids is 4. The van der Waals surface area contributed by atoms with Gasteiger partial charge in [-0.05, 0) is 37.5 Å². The van der Waals surface area contributed by atoms with Crippen LogP contribution < -0.4 is 0 Å². The molecule has 2 aliphatic rings. The second-order valence-electron chi connectivity index (χ2n) is 8.33. The number of halogens is 2. The fourth-order valence-corrected chi connectivity index (χ4v) is 6.14. The number of ether oxygens (including phenoxy) is 4. The quantitative estimate of drug-likeness (QED) is 0.235. The number of nitriles is 2. The lowest BCUT2D eigenvalue weighted by Gasteiger charge is -2.53. The molecule has 33 heavy (non-hydrogen) atoms. The van der Waals surface area contributed by atoms with E-state index in [0.717, 1.165) is 28.4 Å². The van der Waals surface area contributed by atoms with Gasteiger partial charge in [0.25, 0.3) is 0 Å². The third-order valence-electron chi connectivity index (χ3n) is 6.95. The highest BCUT2D eigenvalue weighted by molar-refractivity contribution is 6.28. The van der Waals surface area contributed by atoms with Gasteiger partial charge in [0, 0.05) is 11.3 Å². The summed E-state index contributed by atoms with van der Waals surface area (Å²) in [6, 6.07) is 3.47. The van der Waals surface area contributed by atoms with Gasteiger partial charge in [0.15, 0.2) is 10.8 Å². The smallest absolute Gasteiger partial charge is 0.323 e. The van der Waals surface area contributed by atoms with Crippen LogP contribution in [0.2, 0.25) is 0 Å². The molecule has 2 rings (SSSR count). The van der Waals surface area contributed by atoms with Gasteiger partial charge >= 0.3 is 23.9 Å². The van der Waals surface area contributed by atoms with Crippen LogP contribution in [0.1, 0.15) is 25.7 Å². The summed E-state index contributed by atoms with van der Waals surface area (Å²) in [5, 5.41) is 18.5. The number of alkyl halides is 2. The molecule has 0 aliphatic heterocycles. The van der Waals surface area contributed by atoms with Crippen molar-refractivity contribution in [2.75, 3.05) is 28.4 Å². The molecule has 0 aromatic heterocycles. The summed E-state index contributed by atoms with van der Waals surface area (Å²) in [7, 11) is 4.40. The summed E-state index contributed by atoms with van der Waals surface area (Å²) in [4.78, 5) is 49.0. The number of carbonyl (C=O) groups is 4. The summed E-state index contributed by atoms with van der Waals surface area (Å²) < 4.78 is 19.5. The third-order valence-corrected chi connectivity index (χ3v) is 7.88. The van der Waals surface area contributed by atoms with Crippen molar-refractivity contribution in [2.24, 2.45) is 28.6 Å². The summed E-state index contributed by atoms with van der Waals surface area (Å²) in [5.41, 5.74) is -3.69. The summed E-state index contributed by atoms with van der Waals surface area (Å²) in [6.07, 6.45) is -0.958. The molecule has 0 bridgehead atoms. The molecule has 180 valence electrons. The normalized spacial score (nSPS) is 27.5. The first-order valence-electron chi connectivity index (χ1n) is 9.96. The summed E-state index contributed by atoms with van der Waals surface area (Å²) in [6.45, 7) is 0. The summed E-state index contributed by atoms with van der Waals surface area (Å²) in [5.74, 6) is -6.28. The van der Waals surface area contributed by atoms with Crippen LogP contribution in [0.5, 0.6) is 0 Å². The number of hydrogen-bond donors (Lipinski definition) is 0. The first kappa shape index (κ1) is 26.7. The largest absolute Gasteiger partial charge is 0.468 e. The standard InChI is InChI=1S/C21H24Cl2N2O8/c1-30-15(26)19(16(27)31-2)6-12-11(13(7-19)21(23,9-24)10-25)5-20(8-14(12)22,17(28)32-3)18(29)33-4/h11-14H,5-8H2,1-4H3/t11-,12+,13-,14+/m1/s1. The highest BCUT2D eigenvalue weighted by Gasteiger charge is 2.67. The molecule has 0 N–H and O–H groups in total. The number of nitrogens with zero attached hydrogens (tertiary/aromatic N) is 2. The Kier molecular flexibility index (Phi) is 7.88. The molecular formula is C21H24Cl2N2O8. The van der Waals surface area contributed by atoms with Crippen LogP contribution in [0, 0.1) is 51.2 Å². The zero-order valence-corrected chi connectivity index (χ0v) is 20.1. The Morgan fingerprint density at radius 1 is 0.758 bits per heavy atom. The van der Waals surface area contributed by atoms with Gasteiger partial charge in [-0.3, -0.25) is 19.2 Å². The van der Waals surface area contributed by atoms with Gasteiger partial charge in [0.1, 0.15) is 12.1 Å². The minimum absolute atomic E-state index is 0.149. The number of methoxy groups -OCH3 is 4. The Labute approximate surface area is 201 Å². The van der Waals surface area contributed by atoms with Crippen molar-refractivity contribution in [1.29, 1.82) is 10.5 Å². The Bertz CT molecular complexity index is 878. The van der Waals surface area contributed by atoms with Crippen molar-refractivity contribution in [2.45, 2.75) is 35.9 Å². The molecule has 0 aromatic rings. The van der Waals surface area contributed by atoms with Gasteiger partial charge in [-0.15, -0.1) is 11.6 Å².